The molecule has 0 fully saturated rings. The van der Waals surface area contributed by atoms with Gasteiger partial charge in [0.05, 0.1) is 0 Å². The van der Waals surface area contributed by atoms with Gasteiger partial charge in [0.1, 0.15) is 0 Å². The first-order chi connectivity index (χ1) is 8.22. The van der Waals surface area contributed by atoms with Crippen LogP contribution in [0, 0.1) is 0 Å². The number of nitrogen functional groups attached to an aromatic ring is 1. The van der Waals surface area contributed by atoms with Gasteiger partial charge >= 0.3 is 0 Å². The van der Waals surface area contributed by atoms with Crippen molar-refractivity contribution in [3.63, 3.8) is 0 Å². The van der Waals surface area contributed by atoms with E-state index >= 15 is 0 Å². The third kappa shape index (κ3) is 6.32. The van der Waals surface area contributed by atoms with E-state index in [1.165, 1.54) is 31.2 Å². The fourth-order valence-electron chi connectivity index (χ4n) is 1.94. The molecule has 3 N–H and O–H groups in total. The molecule has 0 spiro atoms. The highest BCUT2D eigenvalue weighted by Gasteiger charge is 1.99. The first-order valence-electron chi connectivity index (χ1n) is 6.80. The predicted molar refractivity (Wildman–Crippen MR) is 76.2 cm³/mol. The summed E-state index contributed by atoms with van der Waals surface area (Å²) in [7, 11) is 0. The van der Waals surface area contributed by atoms with Crippen LogP contribution >= 0.6 is 0 Å². The Morgan fingerprint density at radius 2 is 1.88 bits per heavy atom. The molecule has 0 heterocycles. The third-order valence-corrected chi connectivity index (χ3v) is 3.11. The fourth-order valence-corrected chi connectivity index (χ4v) is 1.94. The van der Waals surface area contributed by atoms with Gasteiger partial charge in [0, 0.05) is 11.7 Å². The maximum atomic E-state index is 5.66. The molecule has 2 heteroatoms. The Bertz CT molecular complexity index is 292. The molecular formula is C15H26N2. The minimum atomic E-state index is 0.654. The number of aryl methyl sites for hydroxylation is 1. The summed E-state index contributed by atoms with van der Waals surface area (Å²) >= 11 is 0. The second-order valence-electron chi connectivity index (χ2n) is 4.84. The van der Waals surface area contributed by atoms with E-state index in [9.17, 15) is 0 Å². The number of hydrogen-bond acceptors (Lipinski definition) is 2. The molecule has 1 rings (SSSR count). The first-order valence-corrected chi connectivity index (χ1v) is 6.80. The van der Waals surface area contributed by atoms with Crippen LogP contribution in [0.4, 0.5) is 5.69 Å². The highest BCUT2D eigenvalue weighted by molar-refractivity contribution is 5.39. The average Bonchev–Trinajstić information content (AvgIpc) is 2.34. The number of unbranched alkanes of at least 4 members (excludes halogenated alkanes) is 1. The smallest absolute Gasteiger partial charge is 0.0314 e. The molecule has 0 radical (unpaired) electrons. The summed E-state index contributed by atoms with van der Waals surface area (Å²) in [6.45, 7) is 5.63. The van der Waals surface area contributed by atoms with Crippen molar-refractivity contribution in [2.24, 2.45) is 0 Å². The molecule has 0 bridgehead atoms. The zero-order chi connectivity index (χ0) is 12.5. The lowest BCUT2D eigenvalue weighted by Gasteiger charge is -2.12. The molecule has 0 aliphatic carbocycles. The van der Waals surface area contributed by atoms with Crippen LogP contribution < -0.4 is 11.1 Å². The van der Waals surface area contributed by atoms with Gasteiger partial charge in [-0.15, -0.1) is 0 Å². The van der Waals surface area contributed by atoms with Crippen LogP contribution in [0.25, 0.3) is 0 Å². The van der Waals surface area contributed by atoms with Gasteiger partial charge in [-0.1, -0.05) is 31.9 Å². The monoisotopic (exact) mass is 234 g/mol. The molecule has 17 heavy (non-hydrogen) atoms. The molecule has 1 atom stereocenters. The maximum Gasteiger partial charge on any atom is 0.0314 e. The molecule has 0 amide bonds. The van der Waals surface area contributed by atoms with Crippen molar-refractivity contribution < 1.29 is 0 Å². The van der Waals surface area contributed by atoms with E-state index in [-0.39, 0.29) is 0 Å². The van der Waals surface area contributed by atoms with Crippen LogP contribution in [0.3, 0.4) is 0 Å². The number of hydrogen-bond donors (Lipinski definition) is 2. The maximum absolute atomic E-state index is 5.66. The van der Waals surface area contributed by atoms with Gasteiger partial charge in [0.25, 0.3) is 0 Å². The minimum absolute atomic E-state index is 0.654. The van der Waals surface area contributed by atoms with E-state index in [1.54, 1.807) is 0 Å². The molecular weight excluding hydrogens is 208 g/mol. The zero-order valence-corrected chi connectivity index (χ0v) is 11.2. The zero-order valence-electron chi connectivity index (χ0n) is 11.2. The van der Waals surface area contributed by atoms with Crippen LogP contribution in [0.15, 0.2) is 24.3 Å². The number of benzene rings is 1. The fraction of sp³-hybridized carbons (Fsp3) is 0.600. The summed E-state index contributed by atoms with van der Waals surface area (Å²) < 4.78 is 0. The highest BCUT2D eigenvalue weighted by Crippen LogP contribution is 2.07. The number of rotatable bonds is 8. The van der Waals surface area contributed by atoms with Crippen molar-refractivity contribution in [1.29, 1.82) is 0 Å². The van der Waals surface area contributed by atoms with Crippen molar-refractivity contribution in [1.82, 2.24) is 5.32 Å². The van der Waals surface area contributed by atoms with Gasteiger partial charge in [-0.3, -0.25) is 0 Å². The second-order valence-corrected chi connectivity index (χ2v) is 4.84. The number of nitrogens with one attached hydrogen (secondary N) is 1. The van der Waals surface area contributed by atoms with E-state index < -0.39 is 0 Å². The Morgan fingerprint density at radius 1 is 1.18 bits per heavy atom. The Kier molecular flexibility index (Phi) is 6.71. The van der Waals surface area contributed by atoms with Crippen LogP contribution in [-0.2, 0) is 6.42 Å². The van der Waals surface area contributed by atoms with Gasteiger partial charge in [-0.25, -0.2) is 0 Å². The summed E-state index contributed by atoms with van der Waals surface area (Å²) in [6.07, 6.45) is 6.23. The lowest BCUT2D eigenvalue weighted by atomic mass is 10.1. The Labute approximate surface area is 106 Å². The van der Waals surface area contributed by atoms with Crippen LogP contribution in [-0.4, -0.2) is 12.6 Å². The minimum Gasteiger partial charge on any atom is -0.399 e. The van der Waals surface area contributed by atoms with E-state index in [2.05, 4.69) is 31.3 Å². The van der Waals surface area contributed by atoms with Crippen molar-refractivity contribution in [3.8, 4) is 0 Å². The standard InChI is InChI=1S/C15H26N2/c1-3-4-6-13(2)17-12-5-7-14-8-10-15(16)11-9-14/h8-11,13,17H,3-7,12,16H2,1-2H3. The summed E-state index contributed by atoms with van der Waals surface area (Å²) in [5.74, 6) is 0. The summed E-state index contributed by atoms with van der Waals surface area (Å²) in [5, 5.41) is 3.57. The average molecular weight is 234 g/mol. The lowest BCUT2D eigenvalue weighted by molar-refractivity contribution is 0.489. The molecule has 0 aliphatic rings. The number of anilines is 1. The molecule has 96 valence electrons. The molecule has 1 unspecified atom stereocenters. The van der Waals surface area contributed by atoms with Gasteiger partial charge < -0.3 is 11.1 Å². The van der Waals surface area contributed by atoms with Gasteiger partial charge in [-0.05, 0) is 50.4 Å². The normalized spacial score (nSPS) is 12.6. The van der Waals surface area contributed by atoms with Gasteiger partial charge in [0.2, 0.25) is 0 Å². The van der Waals surface area contributed by atoms with Crippen LogP contribution in [0.1, 0.15) is 45.1 Å². The summed E-state index contributed by atoms with van der Waals surface area (Å²) in [4.78, 5) is 0. The van der Waals surface area contributed by atoms with Crippen molar-refractivity contribution in [2.75, 3.05) is 12.3 Å². The molecule has 1 aromatic rings. The SMILES string of the molecule is CCCCC(C)NCCCc1ccc(N)cc1. The van der Waals surface area contributed by atoms with Gasteiger partial charge in [-0.2, -0.15) is 0 Å². The topological polar surface area (TPSA) is 38.0 Å². The van der Waals surface area contributed by atoms with Crippen molar-refractivity contribution >= 4 is 5.69 Å². The van der Waals surface area contributed by atoms with Crippen LogP contribution in [0.5, 0.6) is 0 Å². The Hall–Kier alpha value is -1.02. The lowest BCUT2D eigenvalue weighted by Crippen LogP contribution is -2.27. The second kappa shape index (κ2) is 8.13. The summed E-state index contributed by atoms with van der Waals surface area (Å²) in [6, 6.07) is 8.85. The van der Waals surface area contributed by atoms with Crippen molar-refractivity contribution in [3.05, 3.63) is 29.8 Å². The van der Waals surface area contributed by atoms with E-state index in [0.717, 1.165) is 18.7 Å². The highest BCUT2D eigenvalue weighted by atomic mass is 14.9. The molecule has 0 aromatic heterocycles. The predicted octanol–water partition coefficient (Wildman–Crippen LogP) is 3.37. The van der Waals surface area contributed by atoms with Gasteiger partial charge in [0.15, 0.2) is 0 Å². The Morgan fingerprint density at radius 3 is 2.53 bits per heavy atom. The Balaban J connectivity index is 2.09. The molecule has 2 nitrogen and oxygen atoms in total. The molecule has 1 aromatic carbocycles. The first kappa shape index (κ1) is 14.0. The summed E-state index contributed by atoms with van der Waals surface area (Å²) in [5.41, 5.74) is 7.88. The largest absolute Gasteiger partial charge is 0.399 e. The van der Waals surface area contributed by atoms with E-state index in [0.29, 0.717) is 6.04 Å². The third-order valence-electron chi connectivity index (χ3n) is 3.11. The molecule has 0 saturated heterocycles. The number of nitrogens with two attached hydrogens (primary N) is 1. The quantitative estimate of drug-likeness (QED) is 0.534. The van der Waals surface area contributed by atoms with E-state index in [1.807, 2.05) is 12.1 Å². The van der Waals surface area contributed by atoms with E-state index in [4.69, 9.17) is 5.73 Å². The van der Waals surface area contributed by atoms with Crippen LogP contribution in [0.2, 0.25) is 0 Å². The molecule has 0 saturated carbocycles. The molecule has 0 aliphatic heterocycles. The van der Waals surface area contributed by atoms with Crippen molar-refractivity contribution in [2.45, 2.75) is 52.0 Å².